The molecule has 1 aliphatic rings. The molecule has 0 amide bonds. The van der Waals surface area contributed by atoms with Crippen LogP contribution in [0.3, 0.4) is 0 Å². The molecule has 0 bridgehead atoms. The maximum absolute atomic E-state index is 4.04. The summed E-state index contributed by atoms with van der Waals surface area (Å²) in [5, 5.41) is 0. The number of hydrogen-bond acceptors (Lipinski definition) is 1. The molecular formula is C15H21N. The van der Waals surface area contributed by atoms with E-state index in [1.165, 1.54) is 17.6 Å². The van der Waals surface area contributed by atoms with Gasteiger partial charge in [0, 0.05) is 24.0 Å². The van der Waals surface area contributed by atoms with Crippen LogP contribution in [0.25, 0.3) is 0 Å². The third-order valence-corrected chi connectivity index (χ3v) is 2.82. The summed E-state index contributed by atoms with van der Waals surface area (Å²) in [6.45, 7) is 15.3. The maximum atomic E-state index is 4.04. The van der Waals surface area contributed by atoms with E-state index in [4.69, 9.17) is 0 Å². The summed E-state index contributed by atoms with van der Waals surface area (Å²) in [7, 11) is 0. The van der Waals surface area contributed by atoms with Gasteiger partial charge in [-0.15, -0.1) is 5.73 Å². The topological polar surface area (TPSA) is 3.24 Å². The van der Waals surface area contributed by atoms with E-state index in [9.17, 15) is 0 Å². The number of hydrogen-bond donors (Lipinski definition) is 0. The van der Waals surface area contributed by atoms with Gasteiger partial charge in [-0.05, 0) is 37.5 Å². The van der Waals surface area contributed by atoms with Gasteiger partial charge in [0.15, 0.2) is 0 Å². The fourth-order valence-corrected chi connectivity index (χ4v) is 1.82. The fourth-order valence-electron chi connectivity index (χ4n) is 1.82. The summed E-state index contributed by atoms with van der Waals surface area (Å²) in [5.74, 6) is 0. The van der Waals surface area contributed by atoms with E-state index in [0.717, 1.165) is 24.4 Å². The molecule has 0 aromatic carbocycles. The molecule has 0 aliphatic carbocycles. The second-order valence-electron chi connectivity index (χ2n) is 4.30. The van der Waals surface area contributed by atoms with Crippen molar-refractivity contribution in [2.75, 3.05) is 6.54 Å². The van der Waals surface area contributed by atoms with Crippen LogP contribution < -0.4 is 0 Å². The summed E-state index contributed by atoms with van der Waals surface area (Å²) in [5.41, 5.74) is 7.93. The molecule has 1 heterocycles. The highest BCUT2D eigenvalue weighted by atomic mass is 15.1. The summed E-state index contributed by atoms with van der Waals surface area (Å²) >= 11 is 0. The van der Waals surface area contributed by atoms with Crippen LogP contribution in [0.15, 0.2) is 53.6 Å². The predicted octanol–water partition coefficient (Wildman–Crippen LogP) is 4.18. The molecule has 0 atom stereocenters. The van der Waals surface area contributed by atoms with Gasteiger partial charge in [-0.1, -0.05) is 26.5 Å². The van der Waals surface area contributed by atoms with Crippen molar-refractivity contribution in [2.24, 2.45) is 0 Å². The van der Waals surface area contributed by atoms with Gasteiger partial charge in [-0.2, -0.15) is 0 Å². The van der Waals surface area contributed by atoms with E-state index in [-0.39, 0.29) is 0 Å². The van der Waals surface area contributed by atoms with Gasteiger partial charge in [0.25, 0.3) is 0 Å². The molecule has 1 nitrogen and oxygen atoms in total. The van der Waals surface area contributed by atoms with E-state index in [0.29, 0.717) is 0 Å². The van der Waals surface area contributed by atoms with Gasteiger partial charge in [-0.25, -0.2) is 0 Å². The Balaban J connectivity index is 3.09. The van der Waals surface area contributed by atoms with Crippen molar-refractivity contribution in [3.63, 3.8) is 0 Å². The molecule has 0 aromatic heterocycles. The first-order valence-electron chi connectivity index (χ1n) is 5.79. The lowest BCUT2D eigenvalue weighted by atomic mass is 10.0. The first-order chi connectivity index (χ1) is 7.56. The van der Waals surface area contributed by atoms with Gasteiger partial charge in [0.2, 0.25) is 0 Å². The average molecular weight is 215 g/mol. The van der Waals surface area contributed by atoms with Crippen molar-refractivity contribution in [3.05, 3.63) is 53.6 Å². The first kappa shape index (κ1) is 12.6. The van der Waals surface area contributed by atoms with Crippen LogP contribution in [0, 0.1) is 0 Å². The van der Waals surface area contributed by atoms with Crippen LogP contribution in [0.4, 0.5) is 0 Å². The summed E-state index contributed by atoms with van der Waals surface area (Å²) in [4.78, 5) is 2.15. The third kappa shape index (κ3) is 3.01. The molecule has 0 spiro atoms. The number of nitrogens with zero attached hydrogens (tertiary/aromatic N) is 1. The normalized spacial score (nSPS) is 20.9. The van der Waals surface area contributed by atoms with Gasteiger partial charge in [-0.3, -0.25) is 0 Å². The van der Waals surface area contributed by atoms with Crippen LogP contribution in [0.2, 0.25) is 0 Å². The molecule has 0 unspecified atom stereocenters. The minimum Gasteiger partial charge on any atom is -0.342 e. The van der Waals surface area contributed by atoms with Crippen LogP contribution in [-0.4, -0.2) is 11.4 Å². The van der Waals surface area contributed by atoms with Crippen LogP contribution >= 0.6 is 0 Å². The lowest BCUT2D eigenvalue weighted by Crippen LogP contribution is -2.22. The predicted molar refractivity (Wildman–Crippen MR) is 70.9 cm³/mol. The highest BCUT2D eigenvalue weighted by molar-refractivity contribution is 5.31. The average Bonchev–Trinajstić information content (AvgIpc) is 2.21. The molecule has 1 aliphatic heterocycles. The Labute approximate surface area is 99.2 Å². The van der Waals surface area contributed by atoms with Crippen molar-refractivity contribution in [2.45, 2.75) is 33.6 Å². The second kappa shape index (κ2) is 5.58. The molecule has 0 saturated carbocycles. The SMILES string of the molecule is C=C(C)N1C/C(CCC)=C(/C)C=C=CC1=C. The van der Waals surface area contributed by atoms with Gasteiger partial charge < -0.3 is 4.90 Å². The lowest BCUT2D eigenvalue weighted by molar-refractivity contribution is 0.471. The Hall–Kier alpha value is -1.46. The van der Waals surface area contributed by atoms with Crippen molar-refractivity contribution >= 4 is 0 Å². The molecule has 1 rings (SSSR count). The standard InChI is InChI=1S/C15H21N/c1-6-8-15-11-16(12(2)3)14(5)10-7-9-13(15)4/h9-10H,2,5-6,8,11H2,1,3-4H3/b15-13-. The molecule has 16 heavy (non-hydrogen) atoms. The summed E-state index contributed by atoms with van der Waals surface area (Å²) in [6, 6.07) is 0. The molecule has 0 saturated heterocycles. The molecule has 0 radical (unpaired) electrons. The van der Waals surface area contributed by atoms with Gasteiger partial charge in [0.05, 0.1) is 0 Å². The van der Waals surface area contributed by atoms with Crippen molar-refractivity contribution in [3.8, 4) is 0 Å². The van der Waals surface area contributed by atoms with E-state index < -0.39 is 0 Å². The van der Waals surface area contributed by atoms with Gasteiger partial charge in [0.1, 0.15) is 0 Å². The van der Waals surface area contributed by atoms with Crippen molar-refractivity contribution < 1.29 is 0 Å². The molecule has 0 aromatic rings. The highest BCUT2D eigenvalue weighted by Crippen LogP contribution is 2.21. The summed E-state index contributed by atoms with van der Waals surface area (Å²) in [6.07, 6.45) is 6.26. The minimum atomic E-state index is 0.905. The zero-order valence-electron chi connectivity index (χ0n) is 10.6. The highest BCUT2D eigenvalue weighted by Gasteiger charge is 2.11. The fraction of sp³-hybridized carbons (Fsp3) is 0.400. The third-order valence-electron chi connectivity index (χ3n) is 2.82. The molecule has 1 heteroatoms. The smallest absolute Gasteiger partial charge is 0.0443 e. The zero-order chi connectivity index (χ0) is 12.1. The van der Waals surface area contributed by atoms with E-state index in [1.807, 2.05) is 19.1 Å². The largest absolute Gasteiger partial charge is 0.342 e. The quantitative estimate of drug-likeness (QED) is 0.638. The van der Waals surface area contributed by atoms with Crippen LogP contribution in [0.1, 0.15) is 33.6 Å². The monoisotopic (exact) mass is 215 g/mol. The molecule has 0 fully saturated rings. The van der Waals surface area contributed by atoms with Crippen molar-refractivity contribution in [1.82, 2.24) is 4.90 Å². The number of allylic oxidation sites excluding steroid dienone is 3. The Bertz CT molecular complexity index is 390. The van der Waals surface area contributed by atoms with Gasteiger partial charge >= 0.3 is 0 Å². The Morgan fingerprint density at radius 2 is 2.19 bits per heavy atom. The lowest BCUT2D eigenvalue weighted by Gasteiger charge is -2.27. The zero-order valence-corrected chi connectivity index (χ0v) is 10.6. The molecule has 0 N–H and O–H groups in total. The second-order valence-corrected chi connectivity index (χ2v) is 4.30. The van der Waals surface area contributed by atoms with Crippen LogP contribution in [-0.2, 0) is 0 Å². The Morgan fingerprint density at radius 1 is 1.50 bits per heavy atom. The van der Waals surface area contributed by atoms with E-state index in [2.05, 4.69) is 37.6 Å². The van der Waals surface area contributed by atoms with E-state index in [1.54, 1.807) is 0 Å². The minimum absolute atomic E-state index is 0.905. The Kier molecular flexibility index (Phi) is 4.39. The van der Waals surface area contributed by atoms with E-state index >= 15 is 0 Å². The molecular weight excluding hydrogens is 194 g/mol. The van der Waals surface area contributed by atoms with Crippen molar-refractivity contribution in [1.29, 1.82) is 0 Å². The number of rotatable bonds is 3. The molecule has 86 valence electrons. The maximum Gasteiger partial charge on any atom is 0.0443 e. The van der Waals surface area contributed by atoms with Crippen LogP contribution in [0.5, 0.6) is 0 Å². The first-order valence-corrected chi connectivity index (χ1v) is 5.79. The Morgan fingerprint density at radius 3 is 2.75 bits per heavy atom. The summed E-state index contributed by atoms with van der Waals surface area (Å²) < 4.78 is 0.